The number of aryl methyl sites for hydroxylation is 1. The van der Waals surface area contributed by atoms with Crippen LogP contribution in [0.15, 0.2) is 40.9 Å². The van der Waals surface area contributed by atoms with Crippen molar-refractivity contribution in [2.75, 3.05) is 5.32 Å². The molecule has 0 amide bonds. The summed E-state index contributed by atoms with van der Waals surface area (Å²) in [5, 5.41) is 8.47. The number of fused-ring (bicyclic) bond motifs is 1. The zero-order chi connectivity index (χ0) is 19.1. The number of rotatable bonds is 4. The second kappa shape index (κ2) is 6.87. The Morgan fingerprint density at radius 3 is 2.70 bits per heavy atom. The topological polar surface area (TPSA) is 68.8 Å². The molecule has 0 unspecified atom stereocenters. The highest BCUT2D eigenvalue weighted by atomic mass is 35.5. The second-order valence-corrected chi connectivity index (χ2v) is 7.41. The van der Waals surface area contributed by atoms with Crippen LogP contribution < -0.4 is 5.32 Å². The molecule has 3 heterocycles. The molecule has 1 N–H and O–H groups in total. The predicted molar refractivity (Wildman–Crippen MR) is 107 cm³/mol. The molecule has 0 spiro atoms. The number of hydrogen-bond donors (Lipinski definition) is 1. The van der Waals surface area contributed by atoms with Gasteiger partial charge in [-0.1, -0.05) is 43.1 Å². The molecule has 138 valence electrons. The van der Waals surface area contributed by atoms with E-state index in [4.69, 9.17) is 27.6 Å². The SMILES string of the molecule is Cc1cc(Nc2nc3cc(C(C)C)ccc3o2)n(-c2ncc(Cl)cc2Cl)n1. The van der Waals surface area contributed by atoms with Gasteiger partial charge in [-0.05, 0) is 36.6 Å². The fourth-order valence-corrected chi connectivity index (χ4v) is 3.24. The van der Waals surface area contributed by atoms with E-state index in [0.717, 1.165) is 11.2 Å². The van der Waals surface area contributed by atoms with E-state index in [1.54, 1.807) is 10.7 Å². The Morgan fingerprint density at radius 2 is 1.96 bits per heavy atom. The molecule has 27 heavy (non-hydrogen) atoms. The maximum Gasteiger partial charge on any atom is 0.301 e. The van der Waals surface area contributed by atoms with Gasteiger partial charge in [-0.25, -0.2) is 4.98 Å². The molecule has 3 aromatic heterocycles. The van der Waals surface area contributed by atoms with Crippen molar-refractivity contribution in [3.05, 3.63) is 57.8 Å². The van der Waals surface area contributed by atoms with Crippen LogP contribution in [0, 0.1) is 6.92 Å². The van der Waals surface area contributed by atoms with E-state index in [1.807, 2.05) is 31.2 Å². The average Bonchev–Trinajstić information content (AvgIpc) is 3.17. The predicted octanol–water partition coefficient (Wildman–Crippen LogP) is 5.89. The van der Waals surface area contributed by atoms with Gasteiger partial charge in [-0.3, -0.25) is 5.32 Å². The molecule has 0 aliphatic heterocycles. The summed E-state index contributed by atoms with van der Waals surface area (Å²) >= 11 is 12.2. The number of nitrogens with one attached hydrogen (secondary N) is 1. The monoisotopic (exact) mass is 401 g/mol. The van der Waals surface area contributed by atoms with E-state index in [0.29, 0.717) is 39.2 Å². The van der Waals surface area contributed by atoms with Gasteiger partial charge in [-0.15, -0.1) is 0 Å². The Bertz CT molecular complexity index is 1130. The third-order valence-electron chi connectivity index (χ3n) is 4.13. The van der Waals surface area contributed by atoms with E-state index in [-0.39, 0.29) is 0 Å². The minimum Gasteiger partial charge on any atom is -0.423 e. The van der Waals surface area contributed by atoms with Crippen LogP contribution in [0.3, 0.4) is 0 Å². The van der Waals surface area contributed by atoms with Crippen LogP contribution in [0.2, 0.25) is 10.0 Å². The van der Waals surface area contributed by atoms with E-state index in [9.17, 15) is 0 Å². The van der Waals surface area contributed by atoms with Gasteiger partial charge in [0.2, 0.25) is 0 Å². The Labute approximate surface area is 166 Å². The number of nitrogens with zero attached hydrogens (tertiary/aromatic N) is 4. The van der Waals surface area contributed by atoms with E-state index < -0.39 is 0 Å². The standard InChI is InChI=1S/C19H17Cl2N5O/c1-10(2)12-4-5-16-15(7-12)23-19(27-16)24-17-6-11(3)25-26(17)18-14(21)8-13(20)9-22-18/h4-10H,1-3H3,(H,23,24). The fourth-order valence-electron chi connectivity index (χ4n) is 2.78. The van der Waals surface area contributed by atoms with Crippen LogP contribution in [0.1, 0.15) is 31.0 Å². The minimum absolute atomic E-state index is 0.372. The quantitative estimate of drug-likeness (QED) is 0.461. The molecule has 0 saturated carbocycles. The molecule has 8 heteroatoms. The average molecular weight is 402 g/mol. The van der Waals surface area contributed by atoms with E-state index in [2.05, 4.69) is 34.2 Å². The van der Waals surface area contributed by atoms with Crippen molar-refractivity contribution >= 4 is 46.1 Å². The molecule has 4 aromatic rings. The molecule has 0 fully saturated rings. The first-order valence-corrected chi connectivity index (χ1v) is 9.22. The summed E-state index contributed by atoms with van der Waals surface area (Å²) in [6.07, 6.45) is 1.52. The molecule has 0 aliphatic rings. The maximum atomic E-state index is 6.28. The molecule has 6 nitrogen and oxygen atoms in total. The van der Waals surface area contributed by atoms with Gasteiger partial charge in [0.15, 0.2) is 11.4 Å². The van der Waals surface area contributed by atoms with Crippen molar-refractivity contribution in [3.8, 4) is 5.82 Å². The summed E-state index contributed by atoms with van der Waals surface area (Å²) < 4.78 is 7.42. The van der Waals surface area contributed by atoms with Gasteiger partial charge in [0.25, 0.3) is 0 Å². The first kappa shape index (κ1) is 17.8. The molecule has 4 rings (SSSR count). The van der Waals surface area contributed by atoms with Crippen LogP contribution >= 0.6 is 23.2 Å². The van der Waals surface area contributed by atoms with Gasteiger partial charge in [-0.2, -0.15) is 14.8 Å². The number of anilines is 2. The highest BCUT2D eigenvalue weighted by molar-refractivity contribution is 6.35. The smallest absolute Gasteiger partial charge is 0.301 e. The summed E-state index contributed by atoms with van der Waals surface area (Å²) in [4.78, 5) is 8.82. The zero-order valence-electron chi connectivity index (χ0n) is 15.0. The lowest BCUT2D eigenvalue weighted by molar-refractivity contribution is 0.621. The number of pyridine rings is 1. The van der Waals surface area contributed by atoms with Gasteiger partial charge in [0.1, 0.15) is 11.3 Å². The Morgan fingerprint density at radius 1 is 1.15 bits per heavy atom. The number of halogens is 2. The number of benzene rings is 1. The van der Waals surface area contributed by atoms with Crippen molar-refractivity contribution in [3.63, 3.8) is 0 Å². The van der Waals surface area contributed by atoms with Crippen LogP contribution in [0.25, 0.3) is 16.9 Å². The van der Waals surface area contributed by atoms with E-state index in [1.165, 1.54) is 11.8 Å². The molecule has 0 bridgehead atoms. The van der Waals surface area contributed by atoms with Gasteiger partial charge >= 0.3 is 6.01 Å². The van der Waals surface area contributed by atoms with Crippen molar-refractivity contribution in [1.29, 1.82) is 0 Å². The molecule has 1 aromatic carbocycles. The molecular formula is C19H17Cl2N5O. The van der Waals surface area contributed by atoms with Crippen molar-refractivity contribution < 1.29 is 4.42 Å². The molecule has 0 saturated heterocycles. The number of hydrogen-bond acceptors (Lipinski definition) is 5. The summed E-state index contributed by atoms with van der Waals surface area (Å²) in [6.45, 7) is 6.17. The summed E-state index contributed by atoms with van der Waals surface area (Å²) in [5.41, 5.74) is 3.52. The van der Waals surface area contributed by atoms with E-state index >= 15 is 0 Å². The molecule has 0 radical (unpaired) electrons. The Kier molecular flexibility index (Phi) is 4.53. The number of aromatic nitrogens is 4. The van der Waals surface area contributed by atoms with Crippen LogP contribution in [0.4, 0.5) is 11.8 Å². The lowest BCUT2D eigenvalue weighted by atomic mass is 10.0. The van der Waals surface area contributed by atoms with Crippen molar-refractivity contribution in [2.45, 2.75) is 26.7 Å². The highest BCUT2D eigenvalue weighted by Gasteiger charge is 2.15. The Hall–Kier alpha value is -2.57. The van der Waals surface area contributed by atoms with Crippen molar-refractivity contribution in [1.82, 2.24) is 19.7 Å². The van der Waals surface area contributed by atoms with Crippen LogP contribution in [-0.2, 0) is 0 Å². The first-order chi connectivity index (χ1) is 12.9. The molecular weight excluding hydrogens is 385 g/mol. The molecule has 0 aliphatic carbocycles. The van der Waals surface area contributed by atoms with Gasteiger partial charge in [0.05, 0.1) is 15.7 Å². The van der Waals surface area contributed by atoms with Gasteiger partial charge in [0, 0.05) is 12.3 Å². The van der Waals surface area contributed by atoms with Crippen molar-refractivity contribution in [2.24, 2.45) is 0 Å². The van der Waals surface area contributed by atoms with Gasteiger partial charge < -0.3 is 4.42 Å². The zero-order valence-corrected chi connectivity index (χ0v) is 16.5. The summed E-state index contributed by atoms with van der Waals surface area (Å²) in [7, 11) is 0. The fraction of sp³-hybridized carbons (Fsp3) is 0.211. The third kappa shape index (κ3) is 3.50. The minimum atomic E-state index is 0.372. The third-order valence-corrected chi connectivity index (χ3v) is 4.62. The number of oxazole rings is 1. The normalized spacial score (nSPS) is 11.5. The maximum absolute atomic E-state index is 6.28. The lowest BCUT2D eigenvalue weighted by Gasteiger charge is -2.08. The first-order valence-electron chi connectivity index (χ1n) is 8.46. The second-order valence-electron chi connectivity index (χ2n) is 6.57. The highest BCUT2D eigenvalue weighted by Crippen LogP contribution is 2.28. The molecule has 0 atom stereocenters. The summed E-state index contributed by atoms with van der Waals surface area (Å²) in [5.74, 6) is 1.53. The van der Waals surface area contributed by atoms with Crippen LogP contribution in [0.5, 0.6) is 0 Å². The lowest BCUT2D eigenvalue weighted by Crippen LogP contribution is -2.05. The largest absolute Gasteiger partial charge is 0.423 e. The summed E-state index contributed by atoms with van der Waals surface area (Å²) in [6, 6.07) is 9.88. The Balaban J connectivity index is 1.72. The van der Waals surface area contributed by atoms with Crippen LogP contribution in [-0.4, -0.2) is 19.7 Å².